The van der Waals surface area contributed by atoms with Crippen molar-refractivity contribution in [2.45, 2.75) is 32.4 Å². The molecule has 0 spiro atoms. The van der Waals surface area contributed by atoms with Crippen molar-refractivity contribution in [2.24, 2.45) is 5.92 Å². The second-order valence-corrected chi connectivity index (χ2v) is 5.51. The van der Waals surface area contributed by atoms with Crippen molar-refractivity contribution in [3.05, 3.63) is 0 Å². The largest absolute Gasteiger partial charge is 0.468 e. The number of imide groups is 1. The molecule has 1 heterocycles. The van der Waals surface area contributed by atoms with E-state index in [1.165, 1.54) is 12.0 Å². The highest BCUT2D eigenvalue weighted by Crippen LogP contribution is 2.18. The van der Waals surface area contributed by atoms with Gasteiger partial charge in [0.15, 0.2) is 0 Å². The standard InChI is InChI=1S/C13H23N3O5/c1-8(2)5-14-13(20)15-11(18)7-16-6-9(17)4-10(16)12(19)21-3/h8-10,17H,4-7H2,1-3H3,(H2,14,15,18,20). The van der Waals surface area contributed by atoms with Crippen LogP contribution in [0.3, 0.4) is 0 Å². The van der Waals surface area contributed by atoms with Gasteiger partial charge in [-0.15, -0.1) is 0 Å². The van der Waals surface area contributed by atoms with Crippen LogP contribution in [-0.4, -0.2) is 66.8 Å². The molecule has 0 saturated carbocycles. The normalized spacial score (nSPS) is 22.1. The first kappa shape index (κ1) is 17.4. The number of aliphatic hydroxyl groups is 1. The van der Waals surface area contributed by atoms with E-state index in [4.69, 9.17) is 0 Å². The van der Waals surface area contributed by atoms with Crippen molar-refractivity contribution in [3.63, 3.8) is 0 Å². The minimum atomic E-state index is -0.684. The van der Waals surface area contributed by atoms with Gasteiger partial charge in [0.2, 0.25) is 5.91 Å². The van der Waals surface area contributed by atoms with E-state index in [0.29, 0.717) is 6.54 Å². The first-order valence-corrected chi connectivity index (χ1v) is 6.91. The Kier molecular flexibility index (Phi) is 6.57. The average molecular weight is 301 g/mol. The number of methoxy groups -OCH3 is 1. The van der Waals surface area contributed by atoms with Crippen LogP contribution in [-0.2, 0) is 14.3 Å². The van der Waals surface area contributed by atoms with Crippen molar-refractivity contribution in [1.29, 1.82) is 0 Å². The minimum Gasteiger partial charge on any atom is -0.468 e. The van der Waals surface area contributed by atoms with E-state index in [1.54, 1.807) is 0 Å². The van der Waals surface area contributed by atoms with Crippen LogP contribution in [0.2, 0.25) is 0 Å². The molecule has 3 amide bonds. The molecule has 1 fully saturated rings. The smallest absolute Gasteiger partial charge is 0.323 e. The molecule has 0 aromatic heterocycles. The SMILES string of the molecule is COC(=O)C1CC(O)CN1CC(=O)NC(=O)NCC(C)C. The van der Waals surface area contributed by atoms with Crippen LogP contribution in [0, 0.1) is 5.92 Å². The lowest BCUT2D eigenvalue weighted by Gasteiger charge is -2.21. The summed E-state index contributed by atoms with van der Waals surface area (Å²) in [6.07, 6.45) is -0.462. The zero-order chi connectivity index (χ0) is 16.0. The fourth-order valence-corrected chi connectivity index (χ4v) is 2.13. The number of hydrogen-bond donors (Lipinski definition) is 3. The number of hydrogen-bond acceptors (Lipinski definition) is 6. The van der Waals surface area contributed by atoms with Crippen molar-refractivity contribution < 1.29 is 24.2 Å². The molecule has 0 bridgehead atoms. The topological polar surface area (TPSA) is 108 Å². The lowest BCUT2D eigenvalue weighted by atomic mass is 10.2. The van der Waals surface area contributed by atoms with Gasteiger partial charge in [0.25, 0.3) is 0 Å². The number of urea groups is 1. The van der Waals surface area contributed by atoms with Crippen molar-refractivity contribution >= 4 is 17.9 Å². The summed E-state index contributed by atoms with van der Waals surface area (Å²) in [7, 11) is 1.25. The molecule has 1 aliphatic heterocycles. The van der Waals surface area contributed by atoms with Gasteiger partial charge in [0.1, 0.15) is 6.04 Å². The fraction of sp³-hybridized carbons (Fsp3) is 0.769. The van der Waals surface area contributed by atoms with E-state index in [1.807, 2.05) is 13.8 Å². The Morgan fingerprint density at radius 1 is 1.38 bits per heavy atom. The van der Waals surface area contributed by atoms with Gasteiger partial charge in [-0.25, -0.2) is 4.79 Å². The first-order chi connectivity index (χ1) is 9.83. The first-order valence-electron chi connectivity index (χ1n) is 6.91. The monoisotopic (exact) mass is 301 g/mol. The Morgan fingerprint density at radius 2 is 2.05 bits per heavy atom. The highest BCUT2D eigenvalue weighted by Gasteiger charge is 2.37. The molecule has 0 aliphatic carbocycles. The molecule has 1 rings (SSSR count). The second kappa shape index (κ2) is 7.94. The minimum absolute atomic E-state index is 0.147. The highest BCUT2D eigenvalue weighted by atomic mass is 16.5. The maximum Gasteiger partial charge on any atom is 0.323 e. The Labute approximate surface area is 123 Å². The lowest BCUT2D eigenvalue weighted by molar-refractivity contribution is -0.146. The Morgan fingerprint density at radius 3 is 2.62 bits per heavy atom. The van der Waals surface area contributed by atoms with Gasteiger partial charge in [-0.2, -0.15) is 0 Å². The van der Waals surface area contributed by atoms with Gasteiger partial charge in [-0.3, -0.25) is 19.8 Å². The van der Waals surface area contributed by atoms with E-state index in [-0.39, 0.29) is 25.4 Å². The maximum atomic E-state index is 11.8. The van der Waals surface area contributed by atoms with Gasteiger partial charge in [0.05, 0.1) is 19.8 Å². The van der Waals surface area contributed by atoms with Gasteiger partial charge in [0, 0.05) is 19.5 Å². The molecular weight excluding hydrogens is 278 g/mol. The number of rotatable bonds is 5. The third-order valence-corrected chi connectivity index (χ3v) is 3.13. The van der Waals surface area contributed by atoms with Gasteiger partial charge < -0.3 is 15.2 Å². The quantitative estimate of drug-likeness (QED) is 0.567. The zero-order valence-corrected chi connectivity index (χ0v) is 12.6. The number of nitrogens with zero attached hydrogens (tertiary/aromatic N) is 1. The van der Waals surface area contributed by atoms with Crippen molar-refractivity contribution in [3.8, 4) is 0 Å². The number of nitrogens with one attached hydrogen (secondary N) is 2. The molecule has 2 atom stereocenters. The maximum absolute atomic E-state index is 11.8. The number of carbonyl (C=O) groups excluding carboxylic acids is 3. The molecule has 8 heteroatoms. The summed E-state index contributed by atoms with van der Waals surface area (Å²) >= 11 is 0. The van der Waals surface area contributed by atoms with Gasteiger partial charge in [-0.05, 0) is 5.92 Å². The second-order valence-electron chi connectivity index (χ2n) is 5.51. The molecule has 2 unspecified atom stereocenters. The van der Waals surface area contributed by atoms with Crippen LogP contribution >= 0.6 is 0 Å². The van der Waals surface area contributed by atoms with Gasteiger partial charge in [-0.1, -0.05) is 13.8 Å². The zero-order valence-electron chi connectivity index (χ0n) is 12.6. The van der Waals surface area contributed by atoms with Crippen LogP contribution in [0.15, 0.2) is 0 Å². The van der Waals surface area contributed by atoms with E-state index in [2.05, 4.69) is 15.4 Å². The van der Waals surface area contributed by atoms with E-state index in [0.717, 1.165) is 0 Å². The summed E-state index contributed by atoms with van der Waals surface area (Å²) in [5, 5.41) is 14.3. The predicted octanol–water partition coefficient (Wildman–Crippen LogP) is -0.924. The molecule has 1 aliphatic rings. The number of esters is 1. The molecule has 21 heavy (non-hydrogen) atoms. The number of carbonyl (C=O) groups is 3. The number of aliphatic hydroxyl groups excluding tert-OH is 1. The third-order valence-electron chi connectivity index (χ3n) is 3.13. The molecule has 0 radical (unpaired) electrons. The summed E-state index contributed by atoms with van der Waals surface area (Å²) < 4.78 is 4.64. The lowest BCUT2D eigenvalue weighted by Crippen LogP contribution is -2.47. The molecule has 0 aromatic carbocycles. The van der Waals surface area contributed by atoms with E-state index >= 15 is 0 Å². The molecule has 1 saturated heterocycles. The number of β-amino-alcohol motifs (C(OH)–C–C–N with tert-alkyl or cyclic N) is 1. The van der Waals surface area contributed by atoms with Crippen LogP contribution in [0.1, 0.15) is 20.3 Å². The number of amides is 3. The molecule has 120 valence electrons. The summed E-state index contributed by atoms with van der Waals surface area (Å²) in [5.41, 5.74) is 0. The Hall–Kier alpha value is -1.67. The molecule has 8 nitrogen and oxygen atoms in total. The summed E-state index contributed by atoms with van der Waals surface area (Å²) in [4.78, 5) is 36.3. The number of likely N-dealkylation sites (tertiary alicyclic amines) is 1. The highest BCUT2D eigenvalue weighted by molar-refractivity contribution is 5.95. The predicted molar refractivity (Wildman–Crippen MR) is 74.4 cm³/mol. The van der Waals surface area contributed by atoms with Crippen LogP contribution in [0.25, 0.3) is 0 Å². The van der Waals surface area contributed by atoms with Crippen LogP contribution in [0.4, 0.5) is 4.79 Å². The van der Waals surface area contributed by atoms with Gasteiger partial charge >= 0.3 is 12.0 Å². The Balaban J connectivity index is 2.45. The summed E-state index contributed by atoms with van der Waals surface area (Å²) in [6.45, 7) is 4.39. The average Bonchev–Trinajstić information content (AvgIpc) is 2.76. The molecule has 3 N–H and O–H groups in total. The van der Waals surface area contributed by atoms with Crippen molar-refractivity contribution in [1.82, 2.24) is 15.5 Å². The fourth-order valence-electron chi connectivity index (χ4n) is 2.13. The Bertz CT molecular complexity index is 399. The number of ether oxygens (including phenoxy) is 1. The van der Waals surface area contributed by atoms with Crippen LogP contribution < -0.4 is 10.6 Å². The molecular formula is C13H23N3O5. The van der Waals surface area contributed by atoms with E-state index in [9.17, 15) is 19.5 Å². The van der Waals surface area contributed by atoms with Crippen LogP contribution in [0.5, 0.6) is 0 Å². The summed E-state index contributed by atoms with van der Waals surface area (Å²) in [6, 6.07) is -1.22. The third kappa shape index (κ3) is 5.68. The van der Waals surface area contributed by atoms with E-state index < -0.39 is 30.1 Å². The molecule has 0 aromatic rings. The summed E-state index contributed by atoms with van der Waals surface area (Å²) in [5.74, 6) is -0.744. The van der Waals surface area contributed by atoms with Crippen molar-refractivity contribution in [2.75, 3.05) is 26.7 Å².